The van der Waals surface area contributed by atoms with Crippen LogP contribution in [0.25, 0.3) is 0 Å². The van der Waals surface area contributed by atoms with Gasteiger partial charge in [-0.25, -0.2) is 0 Å². The van der Waals surface area contributed by atoms with Gasteiger partial charge in [0.2, 0.25) is 0 Å². The number of ether oxygens (including phenoxy) is 2. The molecule has 1 aliphatic carbocycles. The first-order chi connectivity index (χ1) is 12.8. The molecule has 0 aliphatic heterocycles. The predicted octanol–water partition coefficient (Wildman–Crippen LogP) is 4.95. The molecule has 0 spiro atoms. The van der Waals surface area contributed by atoms with E-state index in [1.54, 1.807) is 14.2 Å². The lowest BCUT2D eigenvalue weighted by molar-refractivity contribution is 0.308. The van der Waals surface area contributed by atoms with Crippen molar-refractivity contribution in [3.63, 3.8) is 0 Å². The zero-order valence-corrected chi connectivity index (χ0v) is 16.0. The number of aryl methyl sites for hydroxylation is 1. The highest BCUT2D eigenvalue weighted by Crippen LogP contribution is 2.41. The lowest BCUT2D eigenvalue weighted by Crippen LogP contribution is -2.38. The van der Waals surface area contributed by atoms with Gasteiger partial charge < -0.3 is 14.8 Å². The molecular formula is C23H31NO2. The maximum absolute atomic E-state index is 5.70. The first kappa shape index (κ1) is 18.8. The Morgan fingerprint density at radius 3 is 2.50 bits per heavy atom. The van der Waals surface area contributed by atoms with Crippen molar-refractivity contribution in [2.24, 2.45) is 0 Å². The highest BCUT2D eigenvalue weighted by atomic mass is 16.5. The first-order valence-electron chi connectivity index (χ1n) is 9.81. The topological polar surface area (TPSA) is 30.5 Å². The van der Waals surface area contributed by atoms with Crippen molar-refractivity contribution in [3.8, 4) is 11.5 Å². The van der Waals surface area contributed by atoms with Crippen LogP contribution in [0, 0.1) is 0 Å². The van der Waals surface area contributed by atoms with E-state index < -0.39 is 0 Å². The first-order valence-corrected chi connectivity index (χ1v) is 9.81. The van der Waals surface area contributed by atoms with E-state index >= 15 is 0 Å². The summed E-state index contributed by atoms with van der Waals surface area (Å²) in [6.07, 6.45) is 7.33. The quantitative estimate of drug-likeness (QED) is 0.681. The van der Waals surface area contributed by atoms with Crippen LogP contribution in [0.2, 0.25) is 0 Å². The molecule has 0 radical (unpaired) electrons. The van der Waals surface area contributed by atoms with Crippen LogP contribution in [0.4, 0.5) is 0 Å². The molecule has 1 fully saturated rings. The molecule has 3 heteroatoms. The fourth-order valence-corrected chi connectivity index (χ4v) is 4.18. The van der Waals surface area contributed by atoms with E-state index in [-0.39, 0.29) is 0 Å². The van der Waals surface area contributed by atoms with E-state index in [0.29, 0.717) is 12.0 Å². The van der Waals surface area contributed by atoms with Crippen molar-refractivity contribution in [1.29, 1.82) is 0 Å². The Labute approximate surface area is 157 Å². The van der Waals surface area contributed by atoms with Crippen LogP contribution >= 0.6 is 0 Å². The molecular weight excluding hydrogens is 322 g/mol. The average molecular weight is 354 g/mol. The predicted molar refractivity (Wildman–Crippen MR) is 107 cm³/mol. The summed E-state index contributed by atoms with van der Waals surface area (Å²) in [6.45, 7) is 1.06. The van der Waals surface area contributed by atoms with E-state index in [9.17, 15) is 0 Å². The van der Waals surface area contributed by atoms with Crippen molar-refractivity contribution in [2.45, 2.75) is 50.5 Å². The van der Waals surface area contributed by atoms with Crippen molar-refractivity contribution >= 4 is 0 Å². The van der Waals surface area contributed by atoms with Gasteiger partial charge in [0.05, 0.1) is 14.2 Å². The Hall–Kier alpha value is -2.00. The molecule has 2 aromatic rings. The minimum Gasteiger partial charge on any atom is -0.493 e. The fraction of sp³-hybridized carbons (Fsp3) is 0.478. The van der Waals surface area contributed by atoms with Gasteiger partial charge in [0.1, 0.15) is 0 Å². The van der Waals surface area contributed by atoms with E-state index in [1.807, 2.05) is 6.07 Å². The normalized spacial score (nSPS) is 19.9. The largest absolute Gasteiger partial charge is 0.493 e. The second kappa shape index (κ2) is 9.63. The Morgan fingerprint density at radius 1 is 0.923 bits per heavy atom. The number of methoxy groups -OCH3 is 2. The Balaban J connectivity index is 1.63. The number of para-hydroxylation sites is 1. The summed E-state index contributed by atoms with van der Waals surface area (Å²) >= 11 is 0. The molecule has 0 saturated heterocycles. The summed E-state index contributed by atoms with van der Waals surface area (Å²) < 4.78 is 11.2. The third kappa shape index (κ3) is 4.59. The van der Waals surface area contributed by atoms with Crippen molar-refractivity contribution in [2.75, 3.05) is 20.8 Å². The molecule has 0 amide bonds. The van der Waals surface area contributed by atoms with Crippen LogP contribution in [0.3, 0.4) is 0 Å². The molecule has 3 nitrogen and oxygen atoms in total. The minimum atomic E-state index is 0.491. The zero-order chi connectivity index (χ0) is 18.2. The van der Waals surface area contributed by atoms with Gasteiger partial charge in [-0.1, -0.05) is 55.3 Å². The standard InChI is InChI=1S/C23H31NO2/c1-25-22-16-8-14-20(23(22)26-2)19-13-6-7-15-21(19)24-17-9-12-18-10-4-3-5-11-18/h3-5,8,10-11,14,16,19,21,24H,6-7,9,12-13,15,17H2,1-2H3. The van der Waals surface area contributed by atoms with Crippen LogP contribution in [0.15, 0.2) is 48.5 Å². The van der Waals surface area contributed by atoms with Gasteiger partial charge in [-0.3, -0.25) is 0 Å². The van der Waals surface area contributed by atoms with E-state index in [0.717, 1.165) is 24.5 Å². The fourth-order valence-electron chi connectivity index (χ4n) is 4.18. The van der Waals surface area contributed by atoms with Gasteiger partial charge in [-0.2, -0.15) is 0 Å². The van der Waals surface area contributed by atoms with Crippen molar-refractivity contribution in [3.05, 3.63) is 59.7 Å². The Bertz CT molecular complexity index is 671. The number of benzene rings is 2. The number of rotatable bonds is 8. The summed E-state index contributed by atoms with van der Waals surface area (Å²) in [5, 5.41) is 3.83. The molecule has 3 rings (SSSR count). The summed E-state index contributed by atoms with van der Waals surface area (Å²) in [7, 11) is 3.45. The summed E-state index contributed by atoms with van der Waals surface area (Å²) in [4.78, 5) is 0. The Kier molecular flexibility index (Phi) is 6.96. The molecule has 2 aromatic carbocycles. The highest BCUT2D eigenvalue weighted by Gasteiger charge is 2.29. The van der Waals surface area contributed by atoms with Crippen LogP contribution in [0.5, 0.6) is 11.5 Å². The van der Waals surface area contributed by atoms with E-state index in [2.05, 4.69) is 47.8 Å². The van der Waals surface area contributed by atoms with Gasteiger partial charge in [0.15, 0.2) is 11.5 Å². The molecule has 140 valence electrons. The van der Waals surface area contributed by atoms with Crippen LogP contribution in [-0.2, 0) is 6.42 Å². The maximum Gasteiger partial charge on any atom is 0.164 e. The van der Waals surface area contributed by atoms with Gasteiger partial charge in [-0.05, 0) is 43.9 Å². The third-order valence-electron chi connectivity index (χ3n) is 5.49. The summed E-state index contributed by atoms with van der Waals surface area (Å²) in [6, 6.07) is 17.5. The second-order valence-electron chi connectivity index (χ2n) is 7.12. The smallest absolute Gasteiger partial charge is 0.164 e. The maximum atomic E-state index is 5.70. The van der Waals surface area contributed by atoms with Gasteiger partial charge in [0.25, 0.3) is 0 Å². The number of hydrogen-bond acceptors (Lipinski definition) is 3. The van der Waals surface area contributed by atoms with E-state index in [4.69, 9.17) is 9.47 Å². The molecule has 26 heavy (non-hydrogen) atoms. The van der Waals surface area contributed by atoms with Crippen LogP contribution < -0.4 is 14.8 Å². The molecule has 1 aliphatic rings. The lowest BCUT2D eigenvalue weighted by Gasteiger charge is -2.34. The number of hydrogen-bond donors (Lipinski definition) is 1. The number of nitrogens with one attached hydrogen (secondary N) is 1. The summed E-state index contributed by atoms with van der Waals surface area (Å²) in [5.41, 5.74) is 2.70. The van der Waals surface area contributed by atoms with Crippen molar-refractivity contribution in [1.82, 2.24) is 5.32 Å². The summed E-state index contributed by atoms with van der Waals surface area (Å²) in [5.74, 6) is 2.22. The molecule has 0 heterocycles. The van der Waals surface area contributed by atoms with E-state index in [1.165, 1.54) is 43.2 Å². The van der Waals surface area contributed by atoms with Gasteiger partial charge >= 0.3 is 0 Å². The van der Waals surface area contributed by atoms with Crippen LogP contribution in [-0.4, -0.2) is 26.8 Å². The minimum absolute atomic E-state index is 0.491. The monoisotopic (exact) mass is 353 g/mol. The highest BCUT2D eigenvalue weighted by molar-refractivity contribution is 5.48. The van der Waals surface area contributed by atoms with Crippen LogP contribution in [0.1, 0.15) is 49.1 Å². The molecule has 2 unspecified atom stereocenters. The molecule has 0 aromatic heterocycles. The zero-order valence-electron chi connectivity index (χ0n) is 16.0. The molecule has 1 N–H and O–H groups in total. The van der Waals surface area contributed by atoms with Gasteiger partial charge in [-0.15, -0.1) is 0 Å². The van der Waals surface area contributed by atoms with Gasteiger partial charge in [0, 0.05) is 17.5 Å². The Morgan fingerprint density at radius 2 is 1.73 bits per heavy atom. The molecule has 0 bridgehead atoms. The molecule has 1 saturated carbocycles. The SMILES string of the molecule is COc1cccc(C2CCCCC2NCCCc2ccccc2)c1OC. The van der Waals surface area contributed by atoms with Crippen molar-refractivity contribution < 1.29 is 9.47 Å². The second-order valence-corrected chi connectivity index (χ2v) is 7.12. The third-order valence-corrected chi connectivity index (χ3v) is 5.49. The molecule has 2 atom stereocenters. The average Bonchev–Trinajstić information content (AvgIpc) is 2.71. The lowest BCUT2D eigenvalue weighted by atomic mass is 9.79.